The zero-order valence-corrected chi connectivity index (χ0v) is 8.24. The quantitative estimate of drug-likeness (QED) is 0.814. The summed E-state index contributed by atoms with van der Waals surface area (Å²) in [4.78, 5) is 6.08. The molecule has 2 rings (SSSR count). The maximum absolute atomic E-state index is 9.27. The molecule has 1 aromatic heterocycles. The Morgan fingerprint density at radius 3 is 2.50 bits per heavy atom. The molecule has 1 heterocycles. The van der Waals surface area contributed by atoms with Crippen LogP contribution in [-0.4, -0.2) is 10.1 Å². The van der Waals surface area contributed by atoms with E-state index in [1.54, 1.807) is 36.3 Å². The lowest BCUT2D eigenvalue weighted by Gasteiger charge is -2.00. The van der Waals surface area contributed by atoms with Gasteiger partial charge < -0.3 is 5.11 Å². The Hall–Kier alpha value is -1.48. The number of hydrogen-bond donors (Lipinski definition) is 1. The lowest BCUT2D eigenvalue weighted by molar-refractivity contribution is 0.474. The van der Waals surface area contributed by atoms with Crippen molar-refractivity contribution in [3.63, 3.8) is 0 Å². The van der Waals surface area contributed by atoms with Gasteiger partial charge in [0.05, 0.1) is 0 Å². The van der Waals surface area contributed by atoms with Crippen LogP contribution in [-0.2, 0) is 0 Å². The second-order valence-electron chi connectivity index (χ2n) is 2.78. The maximum Gasteiger partial charge on any atom is 0.116 e. The Bertz CT molecular complexity index is 417. The van der Waals surface area contributed by atoms with Crippen molar-refractivity contribution < 1.29 is 5.11 Å². The average molecular weight is 203 g/mol. The molecule has 0 aliphatic rings. The standard InChI is InChI=1S/C11H9NOS/c13-9-2-1-3-11(8-9)14-10-4-6-12-7-5-10/h1-8,13H. The van der Waals surface area contributed by atoms with E-state index in [9.17, 15) is 5.11 Å². The van der Waals surface area contributed by atoms with E-state index < -0.39 is 0 Å². The molecule has 0 amide bonds. The van der Waals surface area contributed by atoms with E-state index >= 15 is 0 Å². The van der Waals surface area contributed by atoms with Crippen LogP contribution in [0, 0.1) is 0 Å². The molecule has 3 heteroatoms. The van der Waals surface area contributed by atoms with Crippen molar-refractivity contribution in [3.8, 4) is 5.75 Å². The number of aromatic hydroxyl groups is 1. The third-order valence-electron chi connectivity index (χ3n) is 1.70. The second-order valence-corrected chi connectivity index (χ2v) is 3.93. The monoisotopic (exact) mass is 203 g/mol. The predicted molar refractivity (Wildman–Crippen MR) is 56.5 cm³/mol. The molecule has 0 saturated heterocycles. The first-order chi connectivity index (χ1) is 6.84. The molecule has 0 aliphatic heterocycles. The Morgan fingerprint density at radius 2 is 1.79 bits per heavy atom. The van der Waals surface area contributed by atoms with Gasteiger partial charge in [-0.15, -0.1) is 0 Å². The summed E-state index contributed by atoms with van der Waals surface area (Å²) in [5, 5.41) is 9.27. The number of phenolic OH excluding ortho intramolecular Hbond substituents is 1. The van der Waals surface area contributed by atoms with Crippen LogP contribution < -0.4 is 0 Å². The summed E-state index contributed by atoms with van der Waals surface area (Å²) in [5.41, 5.74) is 0. The van der Waals surface area contributed by atoms with Gasteiger partial charge in [-0.2, -0.15) is 0 Å². The van der Waals surface area contributed by atoms with Gasteiger partial charge in [0.25, 0.3) is 0 Å². The van der Waals surface area contributed by atoms with Crippen molar-refractivity contribution in [2.45, 2.75) is 9.79 Å². The summed E-state index contributed by atoms with van der Waals surface area (Å²) in [6.07, 6.45) is 3.51. The Kier molecular flexibility index (Phi) is 2.70. The highest BCUT2D eigenvalue weighted by atomic mass is 32.2. The van der Waals surface area contributed by atoms with E-state index in [0.717, 1.165) is 9.79 Å². The van der Waals surface area contributed by atoms with Gasteiger partial charge in [0.15, 0.2) is 0 Å². The highest BCUT2D eigenvalue weighted by molar-refractivity contribution is 7.99. The van der Waals surface area contributed by atoms with Gasteiger partial charge in [0, 0.05) is 22.2 Å². The van der Waals surface area contributed by atoms with E-state index in [1.165, 1.54) is 0 Å². The van der Waals surface area contributed by atoms with E-state index in [1.807, 2.05) is 24.3 Å². The van der Waals surface area contributed by atoms with Gasteiger partial charge in [-0.05, 0) is 30.3 Å². The summed E-state index contributed by atoms with van der Waals surface area (Å²) in [6, 6.07) is 11.1. The fourth-order valence-electron chi connectivity index (χ4n) is 1.09. The molecule has 0 radical (unpaired) electrons. The SMILES string of the molecule is Oc1cccc(Sc2ccncc2)c1. The largest absolute Gasteiger partial charge is 0.508 e. The summed E-state index contributed by atoms with van der Waals surface area (Å²) >= 11 is 1.60. The van der Waals surface area contributed by atoms with Gasteiger partial charge in [-0.3, -0.25) is 4.98 Å². The zero-order chi connectivity index (χ0) is 9.80. The van der Waals surface area contributed by atoms with Crippen LogP contribution in [0.5, 0.6) is 5.75 Å². The maximum atomic E-state index is 9.27. The number of phenols is 1. The lowest BCUT2D eigenvalue weighted by Crippen LogP contribution is -1.74. The topological polar surface area (TPSA) is 33.1 Å². The summed E-state index contributed by atoms with van der Waals surface area (Å²) in [6.45, 7) is 0. The zero-order valence-electron chi connectivity index (χ0n) is 7.42. The van der Waals surface area contributed by atoms with Crippen molar-refractivity contribution in [1.29, 1.82) is 0 Å². The minimum absolute atomic E-state index is 0.295. The molecular weight excluding hydrogens is 194 g/mol. The van der Waals surface area contributed by atoms with Gasteiger partial charge >= 0.3 is 0 Å². The molecule has 0 atom stereocenters. The minimum atomic E-state index is 0.295. The van der Waals surface area contributed by atoms with Crippen LogP contribution in [0.3, 0.4) is 0 Å². The van der Waals surface area contributed by atoms with Crippen molar-refractivity contribution in [3.05, 3.63) is 48.8 Å². The fourth-order valence-corrected chi connectivity index (χ4v) is 1.95. The van der Waals surface area contributed by atoms with E-state index in [-0.39, 0.29) is 0 Å². The Labute approximate surface area is 86.6 Å². The third kappa shape index (κ3) is 2.26. The van der Waals surface area contributed by atoms with Gasteiger partial charge in [0.1, 0.15) is 5.75 Å². The molecule has 70 valence electrons. The molecule has 0 unspecified atom stereocenters. The molecule has 0 fully saturated rings. The molecule has 2 nitrogen and oxygen atoms in total. The normalized spacial score (nSPS) is 10.0. The third-order valence-corrected chi connectivity index (χ3v) is 2.70. The van der Waals surface area contributed by atoms with Crippen molar-refractivity contribution in [2.24, 2.45) is 0 Å². The number of hydrogen-bond acceptors (Lipinski definition) is 3. The Balaban J connectivity index is 2.19. The molecule has 0 spiro atoms. The predicted octanol–water partition coefficient (Wildman–Crippen LogP) is 2.94. The molecular formula is C11H9NOS. The first-order valence-corrected chi connectivity index (χ1v) is 5.03. The number of aromatic nitrogens is 1. The van der Waals surface area contributed by atoms with Gasteiger partial charge in [-0.25, -0.2) is 0 Å². The molecule has 14 heavy (non-hydrogen) atoms. The number of rotatable bonds is 2. The van der Waals surface area contributed by atoms with Crippen LogP contribution in [0.1, 0.15) is 0 Å². The molecule has 2 aromatic rings. The van der Waals surface area contributed by atoms with E-state index in [0.29, 0.717) is 5.75 Å². The fraction of sp³-hybridized carbons (Fsp3) is 0. The Morgan fingerprint density at radius 1 is 1.00 bits per heavy atom. The number of benzene rings is 1. The summed E-state index contributed by atoms with van der Waals surface area (Å²) in [7, 11) is 0. The molecule has 0 saturated carbocycles. The van der Waals surface area contributed by atoms with Crippen molar-refractivity contribution >= 4 is 11.8 Å². The van der Waals surface area contributed by atoms with Crippen LogP contribution in [0.15, 0.2) is 58.6 Å². The summed E-state index contributed by atoms with van der Waals surface area (Å²) in [5.74, 6) is 0.295. The molecule has 1 aromatic carbocycles. The first kappa shape index (κ1) is 9.09. The average Bonchev–Trinajstić information content (AvgIpc) is 2.19. The summed E-state index contributed by atoms with van der Waals surface area (Å²) < 4.78 is 0. The van der Waals surface area contributed by atoms with Crippen molar-refractivity contribution in [2.75, 3.05) is 0 Å². The van der Waals surface area contributed by atoms with Gasteiger partial charge in [0.2, 0.25) is 0 Å². The van der Waals surface area contributed by atoms with Gasteiger partial charge in [-0.1, -0.05) is 17.8 Å². The second kappa shape index (κ2) is 4.15. The van der Waals surface area contributed by atoms with Crippen LogP contribution >= 0.6 is 11.8 Å². The van der Waals surface area contributed by atoms with Crippen LogP contribution in [0.2, 0.25) is 0 Å². The van der Waals surface area contributed by atoms with Crippen LogP contribution in [0.4, 0.5) is 0 Å². The van der Waals surface area contributed by atoms with Crippen LogP contribution in [0.25, 0.3) is 0 Å². The van der Waals surface area contributed by atoms with E-state index in [4.69, 9.17) is 0 Å². The van der Waals surface area contributed by atoms with Crippen molar-refractivity contribution in [1.82, 2.24) is 4.98 Å². The minimum Gasteiger partial charge on any atom is -0.508 e. The highest BCUT2D eigenvalue weighted by Crippen LogP contribution is 2.28. The molecule has 0 aliphatic carbocycles. The number of pyridine rings is 1. The smallest absolute Gasteiger partial charge is 0.116 e. The molecule has 1 N–H and O–H groups in total. The number of nitrogens with zero attached hydrogens (tertiary/aromatic N) is 1. The lowest BCUT2D eigenvalue weighted by atomic mass is 10.3. The first-order valence-electron chi connectivity index (χ1n) is 4.21. The van der Waals surface area contributed by atoms with E-state index in [2.05, 4.69) is 4.98 Å². The highest BCUT2D eigenvalue weighted by Gasteiger charge is 1.96. The molecule has 0 bridgehead atoms.